The molecule has 3 nitrogen and oxygen atoms in total. The van der Waals surface area contributed by atoms with E-state index in [0.29, 0.717) is 0 Å². The quantitative estimate of drug-likeness (QED) is 0.141. The summed E-state index contributed by atoms with van der Waals surface area (Å²) in [5.74, 6) is 0. The maximum Gasteiger partial charge on any atom is 0.0547 e. The largest absolute Gasteiger partial charge is 0.311 e. The molecule has 12 aromatic carbocycles. The summed E-state index contributed by atoms with van der Waals surface area (Å²) < 4.78 is 4.75. The van der Waals surface area contributed by atoms with Crippen molar-refractivity contribution in [3.63, 3.8) is 0 Å². The Bertz CT molecular complexity index is 4310. The van der Waals surface area contributed by atoms with Crippen LogP contribution >= 0.6 is 0 Å². The molecule has 2 aromatic heterocycles. The second kappa shape index (κ2) is 17.6. The normalized spacial score (nSPS) is 11.6. The van der Waals surface area contributed by atoms with E-state index in [0.717, 1.165) is 28.4 Å². The van der Waals surface area contributed by atoms with E-state index in [1.165, 1.54) is 98.9 Å². The molecule has 0 spiro atoms. The predicted molar refractivity (Wildman–Crippen MR) is 309 cm³/mol. The third kappa shape index (κ3) is 7.37. The summed E-state index contributed by atoms with van der Waals surface area (Å²) >= 11 is 0. The van der Waals surface area contributed by atoms with Crippen molar-refractivity contribution >= 4 is 71.4 Å². The van der Waals surface area contributed by atoms with Gasteiger partial charge >= 0.3 is 0 Å². The van der Waals surface area contributed by atoms with E-state index in [-0.39, 0.29) is 0 Å². The Hall–Kier alpha value is -9.70. The Morgan fingerprint density at radius 1 is 0.219 bits per heavy atom. The van der Waals surface area contributed by atoms with Gasteiger partial charge in [-0.3, -0.25) is 0 Å². The zero-order valence-electron chi connectivity index (χ0n) is 40.0. The van der Waals surface area contributed by atoms with Crippen LogP contribution in [0.4, 0.5) is 17.1 Å². The van der Waals surface area contributed by atoms with Crippen LogP contribution in [0.25, 0.3) is 110 Å². The molecule has 0 atom stereocenters. The Labute approximate surface area is 424 Å². The molecule has 0 radical (unpaired) electrons. The smallest absolute Gasteiger partial charge is 0.0547 e. The molecular formula is C70H47N3. The molecule has 0 bridgehead atoms. The van der Waals surface area contributed by atoms with Crippen LogP contribution in [0.3, 0.4) is 0 Å². The Morgan fingerprint density at radius 2 is 0.603 bits per heavy atom. The maximum atomic E-state index is 2.38. The topological polar surface area (TPSA) is 13.1 Å². The highest BCUT2D eigenvalue weighted by Gasteiger charge is 2.18. The van der Waals surface area contributed by atoms with Crippen molar-refractivity contribution in [3.05, 3.63) is 285 Å². The maximum absolute atomic E-state index is 2.38. The number of anilines is 3. The van der Waals surface area contributed by atoms with Gasteiger partial charge < -0.3 is 14.0 Å². The molecule has 0 amide bonds. The standard InChI is InChI=1S/C70H47N3/c1-3-16-56(17-4-1)72-68-25-12-10-22-64(68)66-46-54(37-45-69(66)72)51-32-40-59(41-33-51)71(60-42-34-53(35-43-60)62-23-13-15-52-14-7-8-20-61(52)62)58-38-30-49(31-39-58)48-26-28-50(29-27-48)55-36-44-65-63-21-9-11-24-67(63)73(70(65)47-55)57-18-5-2-6-19-57/h1-47H. The van der Waals surface area contributed by atoms with Gasteiger partial charge in [-0.05, 0) is 146 Å². The first-order valence-corrected chi connectivity index (χ1v) is 25.1. The molecule has 0 unspecified atom stereocenters. The van der Waals surface area contributed by atoms with Crippen LogP contribution in [0.2, 0.25) is 0 Å². The lowest BCUT2D eigenvalue weighted by Crippen LogP contribution is -2.09. The van der Waals surface area contributed by atoms with Crippen LogP contribution in [0, 0.1) is 0 Å². The minimum Gasteiger partial charge on any atom is -0.311 e. The summed E-state index contributed by atoms with van der Waals surface area (Å²) in [6.45, 7) is 0. The first-order valence-electron chi connectivity index (χ1n) is 25.1. The molecule has 73 heavy (non-hydrogen) atoms. The number of nitrogens with zero attached hydrogens (tertiary/aromatic N) is 3. The minimum atomic E-state index is 1.09. The number of hydrogen-bond acceptors (Lipinski definition) is 1. The highest BCUT2D eigenvalue weighted by molar-refractivity contribution is 6.11. The van der Waals surface area contributed by atoms with E-state index >= 15 is 0 Å². The molecule has 0 saturated carbocycles. The van der Waals surface area contributed by atoms with Gasteiger partial charge in [0, 0.05) is 50.0 Å². The highest BCUT2D eigenvalue weighted by Crippen LogP contribution is 2.41. The van der Waals surface area contributed by atoms with Gasteiger partial charge in [0.15, 0.2) is 0 Å². The van der Waals surface area contributed by atoms with Crippen molar-refractivity contribution in [2.24, 2.45) is 0 Å². The second-order valence-electron chi connectivity index (χ2n) is 18.9. The van der Waals surface area contributed by atoms with Crippen molar-refractivity contribution < 1.29 is 0 Å². The Balaban J connectivity index is 0.803. The minimum absolute atomic E-state index is 1.09. The molecule has 14 rings (SSSR count). The lowest BCUT2D eigenvalue weighted by Gasteiger charge is -2.26. The summed E-state index contributed by atoms with van der Waals surface area (Å²) in [6, 6.07) is 104. The molecule has 0 aliphatic heterocycles. The van der Waals surface area contributed by atoms with E-state index in [2.05, 4.69) is 299 Å². The number of para-hydroxylation sites is 4. The van der Waals surface area contributed by atoms with E-state index in [1.54, 1.807) is 0 Å². The van der Waals surface area contributed by atoms with E-state index in [4.69, 9.17) is 0 Å². The molecule has 0 saturated heterocycles. The summed E-state index contributed by atoms with van der Waals surface area (Å²) in [6.07, 6.45) is 0. The fraction of sp³-hybridized carbons (Fsp3) is 0. The van der Waals surface area contributed by atoms with Crippen LogP contribution < -0.4 is 4.90 Å². The predicted octanol–water partition coefficient (Wildman–Crippen LogP) is 19.2. The van der Waals surface area contributed by atoms with Crippen molar-refractivity contribution in [3.8, 4) is 55.9 Å². The SMILES string of the molecule is c1ccc(-n2c3ccccc3c3cc(-c4ccc(N(c5ccc(-c6ccc(-c7ccc8c9ccccc9n(-c9ccccc9)c8c7)cc6)cc5)c5ccc(-c6cccc7ccccc67)cc5)cc4)ccc32)cc1. The van der Waals surface area contributed by atoms with Crippen LogP contribution in [0.5, 0.6) is 0 Å². The number of benzene rings is 12. The lowest BCUT2D eigenvalue weighted by atomic mass is 9.97. The van der Waals surface area contributed by atoms with Crippen molar-refractivity contribution in [2.75, 3.05) is 4.90 Å². The Kier molecular flexibility index (Phi) is 10.2. The molecule has 3 heteroatoms. The first-order chi connectivity index (χ1) is 36.2. The first kappa shape index (κ1) is 42.2. The van der Waals surface area contributed by atoms with Gasteiger partial charge in [-0.15, -0.1) is 0 Å². The number of hydrogen-bond donors (Lipinski definition) is 0. The average molecular weight is 930 g/mol. The van der Waals surface area contributed by atoms with Crippen LogP contribution in [-0.2, 0) is 0 Å². The molecule has 0 fully saturated rings. The van der Waals surface area contributed by atoms with Crippen LogP contribution in [-0.4, -0.2) is 9.13 Å². The summed E-state index contributed by atoms with van der Waals surface area (Å²) in [5.41, 5.74) is 19.9. The van der Waals surface area contributed by atoms with Crippen molar-refractivity contribution in [1.29, 1.82) is 0 Å². The van der Waals surface area contributed by atoms with Crippen molar-refractivity contribution in [1.82, 2.24) is 9.13 Å². The van der Waals surface area contributed by atoms with Gasteiger partial charge in [0.2, 0.25) is 0 Å². The molecule has 14 aromatic rings. The molecule has 342 valence electrons. The fourth-order valence-electron chi connectivity index (χ4n) is 11.2. The molecular weight excluding hydrogens is 883 g/mol. The van der Waals surface area contributed by atoms with Crippen LogP contribution in [0.1, 0.15) is 0 Å². The van der Waals surface area contributed by atoms with E-state index in [1.807, 2.05) is 0 Å². The number of rotatable bonds is 9. The average Bonchev–Trinajstić information content (AvgIpc) is 3.98. The van der Waals surface area contributed by atoms with Crippen LogP contribution in [0.15, 0.2) is 285 Å². The van der Waals surface area contributed by atoms with Crippen molar-refractivity contribution in [2.45, 2.75) is 0 Å². The summed E-state index contributed by atoms with van der Waals surface area (Å²) in [7, 11) is 0. The molecule has 2 heterocycles. The van der Waals surface area contributed by atoms with Gasteiger partial charge in [-0.1, -0.05) is 194 Å². The third-order valence-corrected chi connectivity index (χ3v) is 14.7. The zero-order valence-corrected chi connectivity index (χ0v) is 40.0. The van der Waals surface area contributed by atoms with Gasteiger partial charge in [0.1, 0.15) is 0 Å². The van der Waals surface area contributed by atoms with E-state index in [9.17, 15) is 0 Å². The monoisotopic (exact) mass is 929 g/mol. The second-order valence-corrected chi connectivity index (χ2v) is 18.9. The number of fused-ring (bicyclic) bond motifs is 7. The van der Waals surface area contributed by atoms with Gasteiger partial charge in [0.25, 0.3) is 0 Å². The number of aromatic nitrogens is 2. The van der Waals surface area contributed by atoms with E-state index < -0.39 is 0 Å². The van der Waals surface area contributed by atoms with Gasteiger partial charge in [-0.2, -0.15) is 0 Å². The fourth-order valence-corrected chi connectivity index (χ4v) is 11.2. The van der Waals surface area contributed by atoms with Gasteiger partial charge in [0.05, 0.1) is 22.1 Å². The highest BCUT2D eigenvalue weighted by atomic mass is 15.1. The zero-order chi connectivity index (χ0) is 48.2. The third-order valence-electron chi connectivity index (χ3n) is 14.7. The molecule has 0 N–H and O–H groups in total. The summed E-state index contributed by atoms with van der Waals surface area (Å²) in [5, 5.41) is 7.51. The lowest BCUT2D eigenvalue weighted by molar-refractivity contribution is 1.18. The Morgan fingerprint density at radius 3 is 1.19 bits per heavy atom. The summed E-state index contributed by atoms with van der Waals surface area (Å²) in [4.78, 5) is 2.37. The molecule has 0 aliphatic carbocycles. The molecule has 0 aliphatic rings. The van der Waals surface area contributed by atoms with Gasteiger partial charge in [-0.25, -0.2) is 0 Å².